The van der Waals surface area contributed by atoms with Gasteiger partial charge >= 0.3 is 0 Å². The lowest BCUT2D eigenvalue weighted by Gasteiger charge is -2.23. The van der Waals surface area contributed by atoms with Crippen molar-refractivity contribution in [2.45, 2.75) is 50.1 Å². The van der Waals surface area contributed by atoms with Crippen molar-refractivity contribution in [3.05, 3.63) is 64.2 Å². The van der Waals surface area contributed by atoms with Gasteiger partial charge in [-0.3, -0.25) is 4.79 Å². The Kier molecular flexibility index (Phi) is 5.63. The van der Waals surface area contributed by atoms with Crippen LogP contribution in [-0.2, 0) is 16.4 Å². The number of sulfone groups is 1. The van der Waals surface area contributed by atoms with Crippen LogP contribution in [0.1, 0.15) is 54.1 Å². The number of benzene rings is 2. The van der Waals surface area contributed by atoms with Crippen molar-refractivity contribution in [2.75, 3.05) is 6.26 Å². The summed E-state index contributed by atoms with van der Waals surface area (Å²) in [6, 6.07) is 12.8. The minimum atomic E-state index is -3.41. The summed E-state index contributed by atoms with van der Waals surface area (Å²) in [5, 5.41) is 0.271. The highest BCUT2D eigenvalue weighted by Gasteiger charge is 2.34. The molecular formula is C21H24ClNO3S. The van der Waals surface area contributed by atoms with E-state index in [0.717, 1.165) is 24.7 Å². The zero-order chi connectivity index (χ0) is 19.8. The summed E-state index contributed by atoms with van der Waals surface area (Å²) in [4.78, 5) is 15.1. The molecule has 0 radical (unpaired) electrons. The van der Waals surface area contributed by atoms with Gasteiger partial charge in [0.15, 0.2) is 9.84 Å². The Morgan fingerprint density at radius 2 is 1.78 bits per heavy atom. The molecule has 1 aliphatic rings. The maximum atomic E-state index is 13.2. The number of hydrogen-bond donors (Lipinski definition) is 0. The molecule has 0 aromatic heterocycles. The second-order valence-corrected chi connectivity index (χ2v) is 9.90. The van der Waals surface area contributed by atoms with Crippen LogP contribution in [0.5, 0.6) is 0 Å². The predicted octanol–water partition coefficient (Wildman–Crippen LogP) is 4.67. The van der Waals surface area contributed by atoms with Gasteiger partial charge < -0.3 is 4.90 Å². The average Bonchev–Trinajstić information content (AvgIpc) is 3.44. The number of carbonyl (C=O) groups excluding carboxylic acids is 1. The highest BCUT2D eigenvalue weighted by Crippen LogP contribution is 2.32. The van der Waals surface area contributed by atoms with Gasteiger partial charge in [0.1, 0.15) is 0 Å². The van der Waals surface area contributed by atoms with Gasteiger partial charge in [0, 0.05) is 18.8 Å². The molecule has 0 unspecified atom stereocenters. The van der Waals surface area contributed by atoms with Crippen LogP contribution in [0.15, 0.2) is 47.4 Å². The molecule has 6 heteroatoms. The third kappa shape index (κ3) is 4.71. The van der Waals surface area contributed by atoms with E-state index < -0.39 is 9.84 Å². The predicted molar refractivity (Wildman–Crippen MR) is 108 cm³/mol. The summed E-state index contributed by atoms with van der Waals surface area (Å²) < 4.78 is 23.7. The molecular weight excluding hydrogens is 382 g/mol. The van der Waals surface area contributed by atoms with Gasteiger partial charge in [-0.15, -0.1) is 0 Å². The fourth-order valence-corrected chi connectivity index (χ4v) is 3.86. The lowest BCUT2D eigenvalue weighted by atomic mass is 10.0. The summed E-state index contributed by atoms with van der Waals surface area (Å²) in [6.07, 6.45) is 3.04. The van der Waals surface area contributed by atoms with E-state index in [0.29, 0.717) is 12.5 Å². The van der Waals surface area contributed by atoms with Crippen LogP contribution in [0.3, 0.4) is 0 Å². The number of amides is 1. The molecule has 0 bridgehead atoms. The first kappa shape index (κ1) is 19.9. The van der Waals surface area contributed by atoms with Crippen LogP contribution in [-0.4, -0.2) is 31.5 Å². The molecule has 1 saturated carbocycles. The fourth-order valence-electron chi connectivity index (χ4n) is 3.01. The molecule has 144 valence electrons. The minimum absolute atomic E-state index is 0.104. The van der Waals surface area contributed by atoms with Crippen molar-refractivity contribution in [3.8, 4) is 0 Å². The van der Waals surface area contributed by atoms with Gasteiger partial charge in [-0.1, -0.05) is 49.7 Å². The third-order valence-electron chi connectivity index (χ3n) is 4.84. The van der Waals surface area contributed by atoms with Crippen molar-refractivity contribution < 1.29 is 13.2 Å². The lowest BCUT2D eigenvalue weighted by molar-refractivity contribution is 0.0730. The van der Waals surface area contributed by atoms with Crippen LogP contribution in [0, 0.1) is 0 Å². The van der Waals surface area contributed by atoms with Gasteiger partial charge in [-0.2, -0.15) is 0 Å². The van der Waals surface area contributed by atoms with Crippen molar-refractivity contribution in [1.82, 2.24) is 4.90 Å². The molecule has 3 rings (SSSR count). The molecule has 1 aliphatic carbocycles. The van der Waals surface area contributed by atoms with E-state index in [4.69, 9.17) is 11.6 Å². The molecule has 0 atom stereocenters. The first-order chi connectivity index (χ1) is 12.7. The zero-order valence-electron chi connectivity index (χ0n) is 15.8. The van der Waals surface area contributed by atoms with E-state index in [-0.39, 0.29) is 27.4 Å². The van der Waals surface area contributed by atoms with Crippen molar-refractivity contribution >= 4 is 27.3 Å². The monoisotopic (exact) mass is 405 g/mol. The van der Waals surface area contributed by atoms with E-state index in [1.54, 1.807) is 4.90 Å². The molecule has 0 N–H and O–H groups in total. The number of hydrogen-bond acceptors (Lipinski definition) is 3. The molecule has 2 aromatic carbocycles. The summed E-state index contributed by atoms with van der Waals surface area (Å²) in [5.41, 5.74) is 2.55. The highest BCUT2D eigenvalue weighted by molar-refractivity contribution is 7.90. The Balaban J connectivity index is 1.88. The molecule has 1 fully saturated rings. The number of carbonyl (C=O) groups is 1. The Morgan fingerprint density at radius 3 is 2.30 bits per heavy atom. The van der Waals surface area contributed by atoms with Crippen LogP contribution in [0.25, 0.3) is 0 Å². The van der Waals surface area contributed by atoms with E-state index in [1.165, 1.54) is 23.8 Å². The van der Waals surface area contributed by atoms with Crippen molar-refractivity contribution in [1.29, 1.82) is 0 Å². The van der Waals surface area contributed by atoms with Crippen LogP contribution in [0.2, 0.25) is 5.02 Å². The first-order valence-electron chi connectivity index (χ1n) is 9.06. The SMILES string of the molecule is CC(C)c1ccc(CN(C(=O)c2cc(S(C)(=O)=O)ccc2Cl)C2CC2)cc1. The van der Waals surface area contributed by atoms with E-state index in [1.807, 2.05) is 12.1 Å². The molecule has 0 heterocycles. The highest BCUT2D eigenvalue weighted by atomic mass is 35.5. The van der Waals surface area contributed by atoms with Gasteiger partial charge in [-0.05, 0) is 48.1 Å². The summed E-state index contributed by atoms with van der Waals surface area (Å²) in [6.45, 7) is 4.78. The average molecular weight is 406 g/mol. The molecule has 0 spiro atoms. The quantitative estimate of drug-likeness (QED) is 0.701. The second-order valence-electron chi connectivity index (χ2n) is 7.47. The van der Waals surface area contributed by atoms with Gasteiger partial charge in [0.25, 0.3) is 5.91 Å². The Labute approximate surface area is 166 Å². The molecule has 2 aromatic rings. The van der Waals surface area contributed by atoms with Gasteiger partial charge in [-0.25, -0.2) is 8.42 Å². The maximum absolute atomic E-state index is 13.2. The van der Waals surface area contributed by atoms with Crippen molar-refractivity contribution in [3.63, 3.8) is 0 Å². The normalized spacial score (nSPS) is 14.4. The molecule has 4 nitrogen and oxygen atoms in total. The van der Waals surface area contributed by atoms with Gasteiger partial charge in [0.05, 0.1) is 15.5 Å². The molecule has 1 amide bonds. The van der Waals surface area contributed by atoms with E-state index >= 15 is 0 Å². The molecule has 27 heavy (non-hydrogen) atoms. The summed E-state index contributed by atoms with van der Waals surface area (Å²) >= 11 is 6.23. The zero-order valence-corrected chi connectivity index (χ0v) is 17.3. The largest absolute Gasteiger partial charge is 0.331 e. The van der Waals surface area contributed by atoms with E-state index in [2.05, 4.69) is 26.0 Å². The Bertz CT molecular complexity index is 948. The van der Waals surface area contributed by atoms with Crippen LogP contribution < -0.4 is 0 Å². The third-order valence-corrected chi connectivity index (χ3v) is 6.28. The van der Waals surface area contributed by atoms with Crippen LogP contribution in [0.4, 0.5) is 0 Å². The maximum Gasteiger partial charge on any atom is 0.255 e. The first-order valence-corrected chi connectivity index (χ1v) is 11.3. The topological polar surface area (TPSA) is 54.5 Å². The van der Waals surface area contributed by atoms with E-state index in [9.17, 15) is 13.2 Å². The number of rotatable bonds is 6. The van der Waals surface area contributed by atoms with Crippen LogP contribution >= 0.6 is 11.6 Å². The number of nitrogens with zero attached hydrogens (tertiary/aromatic N) is 1. The Hall–Kier alpha value is -1.85. The Morgan fingerprint density at radius 1 is 1.15 bits per heavy atom. The number of halogens is 1. The second kappa shape index (κ2) is 7.64. The molecule has 0 saturated heterocycles. The lowest BCUT2D eigenvalue weighted by Crippen LogP contribution is -2.33. The minimum Gasteiger partial charge on any atom is -0.331 e. The summed E-state index contributed by atoms with van der Waals surface area (Å²) in [7, 11) is -3.41. The van der Waals surface area contributed by atoms with Crippen molar-refractivity contribution in [2.24, 2.45) is 0 Å². The summed E-state index contributed by atoms with van der Waals surface area (Å²) in [5.74, 6) is 0.235. The standard InChI is InChI=1S/C21H24ClNO3S/c1-14(2)16-6-4-15(5-7-16)13-23(17-8-9-17)21(24)19-12-18(27(3,25)26)10-11-20(19)22/h4-7,10-12,14,17H,8-9,13H2,1-3H3. The fraction of sp³-hybridized carbons (Fsp3) is 0.381. The smallest absolute Gasteiger partial charge is 0.255 e. The van der Waals surface area contributed by atoms with Gasteiger partial charge in [0.2, 0.25) is 0 Å². The molecule has 0 aliphatic heterocycles.